The number of halogens is 1. The van der Waals surface area contributed by atoms with Gasteiger partial charge in [-0.25, -0.2) is 0 Å². The molecule has 16 heavy (non-hydrogen) atoms. The van der Waals surface area contributed by atoms with Gasteiger partial charge in [0.1, 0.15) is 5.75 Å². The van der Waals surface area contributed by atoms with Crippen LogP contribution in [0, 0.1) is 0 Å². The smallest absolute Gasteiger partial charge is 0.119 e. The van der Waals surface area contributed by atoms with E-state index >= 15 is 0 Å². The summed E-state index contributed by atoms with van der Waals surface area (Å²) in [4.78, 5) is 0.674. The number of ether oxygens (including phenoxy) is 1. The molecule has 1 aliphatic rings. The maximum atomic E-state index is 5.57. The first-order valence-corrected chi connectivity index (χ1v) is 6.93. The van der Waals surface area contributed by atoms with Gasteiger partial charge in [-0.05, 0) is 49.3 Å². The van der Waals surface area contributed by atoms with Crippen LogP contribution in [0.4, 0.5) is 0 Å². The summed E-state index contributed by atoms with van der Waals surface area (Å²) in [7, 11) is 0. The van der Waals surface area contributed by atoms with Gasteiger partial charge in [-0.2, -0.15) is 0 Å². The van der Waals surface area contributed by atoms with Crippen molar-refractivity contribution >= 4 is 15.9 Å². The topological polar surface area (TPSA) is 9.23 Å². The van der Waals surface area contributed by atoms with Gasteiger partial charge < -0.3 is 4.74 Å². The van der Waals surface area contributed by atoms with Gasteiger partial charge >= 0.3 is 0 Å². The van der Waals surface area contributed by atoms with E-state index in [9.17, 15) is 0 Å². The third kappa shape index (κ3) is 2.42. The molecule has 2 atom stereocenters. The quantitative estimate of drug-likeness (QED) is 0.752. The first kappa shape index (κ1) is 12.0. The van der Waals surface area contributed by atoms with E-state index in [-0.39, 0.29) is 0 Å². The maximum Gasteiger partial charge on any atom is 0.119 e. The standard InChI is InChI=1S/C14H19BrO/c1-3-16-13-6-4-5-11(9-13)14(2)8-7-12(15)10-14/h4-6,9,12H,3,7-8,10H2,1-2H3. The van der Waals surface area contributed by atoms with Crippen molar-refractivity contribution < 1.29 is 4.74 Å². The zero-order valence-electron chi connectivity index (χ0n) is 10.0. The van der Waals surface area contributed by atoms with Crippen LogP contribution in [0.5, 0.6) is 5.75 Å². The van der Waals surface area contributed by atoms with E-state index in [4.69, 9.17) is 4.74 Å². The van der Waals surface area contributed by atoms with Crippen LogP contribution in [0.3, 0.4) is 0 Å². The Bertz CT molecular complexity index is 364. The molecule has 0 spiro atoms. The van der Waals surface area contributed by atoms with Crippen molar-refractivity contribution in [1.82, 2.24) is 0 Å². The van der Waals surface area contributed by atoms with Crippen molar-refractivity contribution in [3.05, 3.63) is 29.8 Å². The summed E-state index contributed by atoms with van der Waals surface area (Å²) in [6.07, 6.45) is 3.76. The minimum Gasteiger partial charge on any atom is -0.494 e. The minimum absolute atomic E-state index is 0.321. The summed E-state index contributed by atoms with van der Waals surface area (Å²) in [5.41, 5.74) is 1.74. The first-order valence-electron chi connectivity index (χ1n) is 6.01. The molecule has 0 aromatic heterocycles. The van der Waals surface area contributed by atoms with Gasteiger partial charge in [-0.3, -0.25) is 0 Å². The van der Waals surface area contributed by atoms with Crippen molar-refractivity contribution in [1.29, 1.82) is 0 Å². The van der Waals surface area contributed by atoms with E-state index in [0.29, 0.717) is 10.2 Å². The molecule has 0 heterocycles. The van der Waals surface area contributed by atoms with Crippen molar-refractivity contribution in [2.45, 2.75) is 43.4 Å². The number of hydrogen-bond donors (Lipinski definition) is 0. The van der Waals surface area contributed by atoms with Gasteiger partial charge in [0.25, 0.3) is 0 Å². The molecule has 0 N–H and O–H groups in total. The van der Waals surface area contributed by atoms with E-state index in [1.54, 1.807) is 0 Å². The molecule has 1 aliphatic carbocycles. The molecule has 1 fully saturated rings. The molecule has 1 nitrogen and oxygen atoms in total. The fourth-order valence-corrected chi connectivity index (χ4v) is 3.50. The lowest BCUT2D eigenvalue weighted by Gasteiger charge is -2.24. The summed E-state index contributed by atoms with van der Waals surface area (Å²) < 4.78 is 5.57. The van der Waals surface area contributed by atoms with Crippen LogP contribution in [-0.2, 0) is 5.41 Å². The second kappa shape index (κ2) is 4.79. The largest absolute Gasteiger partial charge is 0.494 e. The van der Waals surface area contributed by atoms with Gasteiger partial charge in [0.2, 0.25) is 0 Å². The molecule has 2 rings (SSSR count). The maximum absolute atomic E-state index is 5.57. The van der Waals surface area contributed by atoms with Gasteiger partial charge in [-0.15, -0.1) is 0 Å². The summed E-state index contributed by atoms with van der Waals surface area (Å²) in [5.74, 6) is 0.999. The Morgan fingerprint density at radius 3 is 2.94 bits per heavy atom. The number of hydrogen-bond acceptors (Lipinski definition) is 1. The Morgan fingerprint density at radius 1 is 1.50 bits per heavy atom. The van der Waals surface area contributed by atoms with Crippen LogP contribution >= 0.6 is 15.9 Å². The lowest BCUT2D eigenvalue weighted by atomic mass is 9.81. The fourth-order valence-electron chi connectivity index (χ4n) is 2.56. The Hall–Kier alpha value is -0.500. The van der Waals surface area contributed by atoms with Crippen molar-refractivity contribution in [2.24, 2.45) is 0 Å². The molecule has 1 aromatic rings. The van der Waals surface area contributed by atoms with E-state index in [1.807, 2.05) is 13.0 Å². The van der Waals surface area contributed by atoms with Gasteiger partial charge in [0.15, 0.2) is 0 Å². The molecule has 1 saturated carbocycles. The predicted molar refractivity (Wildman–Crippen MR) is 71.5 cm³/mol. The summed E-state index contributed by atoms with van der Waals surface area (Å²) in [5, 5.41) is 0. The zero-order valence-corrected chi connectivity index (χ0v) is 11.6. The zero-order chi connectivity index (χ0) is 11.6. The van der Waals surface area contributed by atoms with Gasteiger partial charge in [0.05, 0.1) is 6.61 Å². The SMILES string of the molecule is CCOc1cccc(C2(C)CCC(Br)C2)c1. The molecule has 88 valence electrons. The first-order chi connectivity index (χ1) is 7.64. The average molecular weight is 283 g/mol. The minimum atomic E-state index is 0.321. The second-order valence-corrected chi connectivity index (χ2v) is 6.16. The van der Waals surface area contributed by atoms with Crippen LogP contribution in [0.2, 0.25) is 0 Å². The highest BCUT2D eigenvalue weighted by Crippen LogP contribution is 2.44. The van der Waals surface area contributed by atoms with Crippen LogP contribution < -0.4 is 4.74 Å². The molecule has 2 unspecified atom stereocenters. The van der Waals surface area contributed by atoms with E-state index in [2.05, 4.69) is 41.1 Å². The van der Waals surface area contributed by atoms with Crippen LogP contribution in [-0.4, -0.2) is 11.4 Å². The van der Waals surface area contributed by atoms with Crippen molar-refractivity contribution in [3.63, 3.8) is 0 Å². The highest BCUT2D eigenvalue weighted by Gasteiger charge is 2.35. The number of benzene rings is 1. The molecule has 0 radical (unpaired) electrons. The second-order valence-electron chi connectivity index (χ2n) is 4.86. The Kier molecular flexibility index (Phi) is 3.58. The Morgan fingerprint density at radius 2 is 2.31 bits per heavy atom. The fraction of sp³-hybridized carbons (Fsp3) is 0.571. The van der Waals surface area contributed by atoms with Gasteiger partial charge in [0, 0.05) is 4.83 Å². The Labute approximate surface area is 106 Å². The van der Waals surface area contributed by atoms with E-state index in [0.717, 1.165) is 12.4 Å². The summed E-state index contributed by atoms with van der Waals surface area (Å²) in [6, 6.07) is 8.58. The van der Waals surface area contributed by atoms with Crippen LogP contribution in [0.15, 0.2) is 24.3 Å². The van der Waals surface area contributed by atoms with E-state index < -0.39 is 0 Å². The third-order valence-corrected chi connectivity index (χ3v) is 4.30. The molecule has 2 heteroatoms. The van der Waals surface area contributed by atoms with Crippen LogP contribution in [0.1, 0.15) is 38.7 Å². The number of rotatable bonds is 3. The molecular formula is C14H19BrO. The highest BCUT2D eigenvalue weighted by molar-refractivity contribution is 9.09. The molecule has 0 amide bonds. The summed E-state index contributed by atoms with van der Waals surface area (Å²) >= 11 is 3.73. The molecular weight excluding hydrogens is 264 g/mol. The molecule has 0 aliphatic heterocycles. The summed E-state index contributed by atoms with van der Waals surface area (Å²) in [6.45, 7) is 5.12. The predicted octanol–water partition coefficient (Wildman–Crippen LogP) is 4.29. The van der Waals surface area contributed by atoms with Gasteiger partial charge in [-0.1, -0.05) is 35.0 Å². The normalized spacial score (nSPS) is 29.3. The Balaban J connectivity index is 2.22. The molecule has 1 aromatic carbocycles. The number of alkyl halides is 1. The van der Waals surface area contributed by atoms with Crippen molar-refractivity contribution in [2.75, 3.05) is 6.61 Å². The highest BCUT2D eigenvalue weighted by atomic mass is 79.9. The monoisotopic (exact) mass is 282 g/mol. The van der Waals surface area contributed by atoms with Crippen molar-refractivity contribution in [3.8, 4) is 5.75 Å². The van der Waals surface area contributed by atoms with Crippen LogP contribution in [0.25, 0.3) is 0 Å². The average Bonchev–Trinajstić information content (AvgIpc) is 2.61. The van der Waals surface area contributed by atoms with E-state index in [1.165, 1.54) is 24.8 Å². The molecule has 0 saturated heterocycles. The lowest BCUT2D eigenvalue weighted by Crippen LogP contribution is -2.17. The lowest BCUT2D eigenvalue weighted by molar-refractivity contribution is 0.338. The third-order valence-electron chi connectivity index (χ3n) is 3.52. The molecule has 0 bridgehead atoms.